The van der Waals surface area contributed by atoms with Crippen LogP contribution in [0.1, 0.15) is 16.8 Å². The largest absolute Gasteiger partial charge is 0.497 e. The van der Waals surface area contributed by atoms with Gasteiger partial charge >= 0.3 is 11.9 Å². The molecule has 1 aliphatic heterocycles. The molecule has 1 atom stereocenters. The van der Waals surface area contributed by atoms with Crippen LogP contribution in [0.2, 0.25) is 0 Å². The van der Waals surface area contributed by atoms with E-state index in [4.69, 9.17) is 14.6 Å². The predicted molar refractivity (Wildman–Crippen MR) is 62.9 cm³/mol. The van der Waals surface area contributed by atoms with Crippen LogP contribution in [0, 0.1) is 0 Å². The topological polar surface area (TPSA) is 84.9 Å². The molecule has 2 rings (SSSR count). The number of carboxylic acids is 1. The van der Waals surface area contributed by atoms with Crippen LogP contribution >= 0.6 is 0 Å². The summed E-state index contributed by atoms with van der Waals surface area (Å²) in [5, 5.41) is 12.0. The molecule has 1 aromatic rings. The number of nitrogens with one attached hydrogen (secondary N) is 1. The van der Waals surface area contributed by atoms with Crippen LogP contribution in [-0.2, 0) is 9.53 Å². The summed E-state index contributed by atoms with van der Waals surface area (Å²) in [5.41, 5.74) is 0.446. The third-order valence-electron chi connectivity index (χ3n) is 2.72. The molecule has 1 aromatic carbocycles. The van der Waals surface area contributed by atoms with Gasteiger partial charge in [0.05, 0.1) is 19.3 Å². The minimum atomic E-state index is -1.08. The SMILES string of the molecule is COc1ccc(NC2CCOC2=O)c(C(=O)O)c1. The van der Waals surface area contributed by atoms with Crippen LogP contribution in [0.15, 0.2) is 18.2 Å². The van der Waals surface area contributed by atoms with E-state index in [1.54, 1.807) is 12.1 Å². The summed E-state index contributed by atoms with van der Waals surface area (Å²) >= 11 is 0. The maximum atomic E-state index is 11.3. The molecule has 1 aliphatic rings. The number of benzene rings is 1. The second kappa shape index (κ2) is 4.95. The standard InChI is InChI=1S/C12H13NO5/c1-17-7-2-3-9(8(6-7)11(14)15)13-10-4-5-18-12(10)16/h2-3,6,10,13H,4-5H2,1H3,(H,14,15). The molecule has 0 amide bonds. The normalized spacial score (nSPS) is 18.3. The van der Waals surface area contributed by atoms with Crippen molar-refractivity contribution in [3.63, 3.8) is 0 Å². The van der Waals surface area contributed by atoms with Crippen molar-refractivity contribution in [3.8, 4) is 5.75 Å². The molecule has 6 heteroatoms. The van der Waals surface area contributed by atoms with E-state index in [9.17, 15) is 9.59 Å². The number of cyclic esters (lactones) is 1. The van der Waals surface area contributed by atoms with Crippen molar-refractivity contribution < 1.29 is 24.2 Å². The van der Waals surface area contributed by atoms with Gasteiger partial charge in [-0.15, -0.1) is 0 Å². The number of rotatable bonds is 4. The summed E-state index contributed by atoms with van der Waals surface area (Å²) in [5.74, 6) is -0.989. The van der Waals surface area contributed by atoms with Gasteiger partial charge in [0.15, 0.2) is 0 Å². The Balaban J connectivity index is 2.26. The third kappa shape index (κ3) is 2.37. The summed E-state index contributed by atoms with van der Waals surface area (Å²) in [6, 6.07) is 4.13. The number of carbonyl (C=O) groups is 2. The molecule has 0 aromatic heterocycles. The molecule has 0 aliphatic carbocycles. The Bertz CT molecular complexity index is 485. The highest BCUT2D eigenvalue weighted by atomic mass is 16.5. The third-order valence-corrected chi connectivity index (χ3v) is 2.72. The fourth-order valence-corrected chi connectivity index (χ4v) is 1.77. The average Bonchev–Trinajstić information content (AvgIpc) is 2.75. The highest BCUT2D eigenvalue weighted by Gasteiger charge is 2.27. The molecule has 1 unspecified atom stereocenters. The van der Waals surface area contributed by atoms with Gasteiger partial charge in [-0.3, -0.25) is 0 Å². The first-order chi connectivity index (χ1) is 8.61. The maximum absolute atomic E-state index is 11.3. The zero-order chi connectivity index (χ0) is 13.1. The van der Waals surface area contributed by atoms with Crippen molar-refractivity contribution in [2.24, 2.45) is 0 Å². The zero-order valence-corrected chi connectivity index (χ0v) is 9.80. The summed E-state index contributed by atoms with van der Waals surface area (Å²) in [6.45, 7) is 0.356. The number of esters is 1. The van der Waals surface area contributed by atoms with E-state index in [1.165, 1.54) is 13.2 Å². The number of carboxylic acid groups (broad SMARTS) is 1. The summed E-state index contributed by atoms with van der Waals surface area (Å²) in [6.07, 6.45) is 0.532. The number of methoxy groups -OCH3 is 1. The molecule has 96 valence electrons. The molecular formula is C12H13NO5. The van der Waals surface area contributed by atoms with E-state index in [1.807, 2.05) is 0 Å². The fourth-order valence-electron chi connectivity index (χ4n) is 1.77. The number of carbonyl (C=O) groups excluding carboxylic acids is 1. The van der Waals surface area contributed by atoms with Crippen LogP contribution in [0.5, 0.6) is 5.75 Å². The van der Waals surface area contributed by atoms with E-state index < -0.39 is 12.0 Å². The van der Waals surface area contributed by atoms with Crippen molar-refractivity contribution in [3.05, 3.63) is 23.8 Å². The van der Waals surface area contributed by atoms with Crippen LogP contribution in [0.3, 0.4) is 0 Å². The van der Waals surface area contributed by atoms with Gasteiger partial charge in [-0.1, -0.05) is 0 Å². The van der Waals surface area contributed by atoms with Crippen molar-refractivity contribution in [1.29, 1.82) is 0 Å². The van der Waals surface area contributed by atoms with Crippen LogP contribution in [-0.4, -0.2) is 36.8 Å². The maximum Gasteiger partial charge on any atom is 0.337 e. The summed E-state index contributed by atoms with van der Waals surface area (Å²) in [4.78, 5) is 22.5. The highest BCUT2D eigenvalue weighted by Crippen LogP contribution is 2.24. The lowest BCUT2D eigenvalue weighted by Crippen LogP contribution is -2.25. The minimum absolute atomic E-state index is 0.0639. The highest BCUT2D eigenvalue weighted by molar-refractivity contribution is 5.95. The number of hydrogen-bond acceptors (Lipinski definition) is 5. The first kappa shape index (κ1) is 12.2. The van der Waals surface area contributed by atoms with E-state index in [-0.39, 0.29) is 11.5 Å². The van der Waals surface area contributed by atoms with Gasteiger partial charge in [0.25, 0.3) is 0 Å². The molecule has 2 N–H and O–H groups in total. The lowest BCUT2D eigenvalue weighted by Gasteiger charge is -2.13. The van der Waals surface area contributed by atoms with Crippen LogP contribution in [0.4, 0.5) is 5.69 Å². The van der Waals surface area contributed by atoms with Gasteiger partial charge in [0.2, 0.25) is 0 Å². The lowest BCUT2D eigenvalue weighted by molar-refractivity contribution is -0.138. The number of anilines is 1. The molecule has 18 heavy (non-hydrogen) atoms. The molecule has 0 saturated carbocycles. The second-order valence-electron chi connectivity index (χ2n) is 3.87. The lowest BCUT2D eigenvalue weighted by atomic mass is 10.1. The van der Waals surface area contributed by atoms with Crippen molar-refractivity contribution >= 4 is 17.6 Å². The van der Waals surface area contributed by atoms with E-state index in [0.29, 0.717) is 24.5 Å². The number of aromatic carboxylic acids is 1. The first-order valence-corrected chi connectivity index (χ1v) is 5.46. The Kier molecular flexibility index (Phi) is 3.36. The zero-order valence-electron chi connectivity index (χ0n) is 9.80. The minimum Gasteiger partial charge on any atom is -0.497 e. The van der Waals surface area contributed by atoms with E-state index in [0.717, 1.165) is 0 Å². The summed E-state index contributed by atoms with van der Waals surface area (Å²) in [7, 11) is 1.46. The fraction of sp³-hybridized carbons (Fsp3) is 0.333. The molecule has 6 nitrogen and oxygen atoms in total. The molecule has 0 spiro atoms. The van der Waals surface area contributed by atoms with Crippen molar-refractivity contribution in [1.82, 2.24) is 0 Å². The predicted octanol–water partition coefficient (Wildman–Crippen LogP) is 1.12. The second-order valence-corrected chi connectivity index (χ2v) is 3.87. The van der Waals surface area contributed by atoms with Gasteiger partial charge in [-0.2, -0.15) is 0 Å². The van der Waals surface area contributed by atoms with Gasteiger partial charge in [0.1, 0.15) is 11.8 Å². The first-order valence-electron chi connectivity index (χ1n) is 5.46. The summed E-state index contributed by atoms with van der Waals surface area (Å²) < 4.78 is 9.78. The Morgan fingerprint density at radius 2 is 2.33 bits per heavy atom. The van der Waals surface area contributed by atoms with E-state index in [2.05, 4.69) is 5.32 Å². The molecule has 1 saturated heterocycles. The molecule has 1 fully saturated rings. The Morgan fingerprint density at radius 3 is 2.89 bits per heavy atom. The Labute approximate surface area is 104 Å². The van der Waals surface area contributed by atoms with Gasteiger partial charge < -0.3 is 19.9 Å². The van der Waals surface area contributed by atoms with E-state index >= 15 is 0 Å². The van der Waals surface area contributed by atoms with Crippen LogP contribution in [0.25, 0.3) is 0 Å². The Hall–Kier alpha value is -2.24. The monoisotopic (exact) mass is 251 g/mol. The van der Waals surface area contributed by atoms with Gasteiger partial charge in [0, 0.05) is 12.1 Å². The molecule has 1 heterocycles. The molecule has 0 bridgehead atoms. The Morgan fingerprint density at radius 1 is 1.56 bits per heavy atom. The van der Waals surface area contributed by atoms with Crippen molar-refractivity contribution in [2.75, 3.05) is 19.0 Å². The molecular weight excluding hydrogens is 238 g/mol. The smallest absolute Gasteiger partial charge is 0.337 e. The average molecular weight is 251 g/mol. The number of ether oxygens (including phenoxy) is 2. The van der Waals surface area contributed by atoms with Crippen molar-refractivity contribution in [2.45, 2.75) is 12.5 Å². The van der Waals surface area contributed by atoms with Gasteiger partial charge in [-0.05, 0) is 18.2 Å². The van der Waals surface area contributed by atoms with Gasteiger partial charge in [-0.25, -0.2) is 9.59 Å². The molecule has 0 radical (unpaired) electrons. The quantitative estimate of drug-likeness (QED) is 0.780. The number of hydrogen-bond donors (Lipinski definition) is 2. The van der Waals surface area contributed by atoms with Crippen LogP contribution < -0.4 is 10.1 Å².